The number of amidine groups is 1. The molecule has 0 aliphatic carbocycles. The van der Waals surface area contributed by atoms with Gasteiger partial charge in [0.1, 0.15) is 5.75 Å². The lowest BCUT2D eigenvalue weighted by atomic mass is 10.2. The highest BCUT2D eigenvalue weighted by molar-refractivity contribution is 7.85. The maximum atomic E-state index is 11.8. The summed E-state index contributed by atoms with van der Waals surface area (Å²) < 4.78 is 28.2. The molecule has 0 radical (unpaired) electrons. The Morgan fingerprint density at radius 2 is 1.87 bits per heavy atom. The number of hydrogen-bond donors (Lipinski definition) is 1. The summed E-state index contributed by atoms with van der Waals surface area (Å²) in [6.07, 6.45) is 0. The Balaban J connectivity index is 2.12. The fourth-order valence-corrected chi connectivity index (χ4v) is 2.58. The number of nitro groups is 1. The van der Waals surface area contributed by atoms with E-state index in [1.54, 1.807) is 30.3 Å². The molecular formula is C14H13N3O5S. The highest BCUT2D eigenvalue weighted by Crippen LogP contribution is 2.13. The number of hydrogen-bond acceptors (Lipinski definition) is 6. The smallest absolute Gasteiger partial charge is 0.332 e. The van der Waals surface area contributed by atoms with Gasteiger partial charge in [0.25, 0.3) is 5.69 Å². The van der Waals surface area contributed by atoms with Crippen LogP contribution >= 0.6 is 0 Å². The van der Waals surface area contributed by atoms with E-state index in [2.05, 4.69) is 9.44 Å². The molecule has 9 heteroatoms. The predicted octanol–water partition coefficient (Wildman–Crippen LogP) is 1.76. The molecule has 0 saturated heterocycles. The summed E-state index contributed by atoms with van der Waals surface area (Å²) in [6, 6.07) is 13.7. The van der Waals surface area contributed by atoms with Crippen LogP contribution in [0.5, 0.6) is 0 Å². The number of oxime groups is 1. The zero-order valence-corrected chi connectivity index (χ0v) is 12.6. The first-order valence-corrected chi connectivity index (χ1v) is 7.99. The summed E-state index contributed by atoms with van der Waals surface area (Å²) in [7, 11) is -3.97. The molecule has 2 rings (SSSR count). The predicted molar refractivity (Wildman–Crippen MR) is 84.0 cm³/mol. The molecule has 120 valence electrons. The number of nitrogens with zero attached hydrogens (tertiary/aromatic N) is 2. The van der Waals surface area contributed by atoms with Crippen LogP contribution in [0.4, 0.5) is 5.69 Å². The van der Waals surface area contributed by atoms with Gasteiger partial charge in [-0.1, -0.05) is 42.5 Å². The first-order valence-electron chi connectivity index (χ1n) is 6.41. The largest absolute Gasteiger partial charge is 0.380 e. The molecule has 0 aromatic heterocycles. The number of benzene rings is 2. The minimum atomic E-state index is -3.97. The van der Waals surface area contributed by atoms with Gasteiger partial charge in [-0.2, -0.15) is 8.42 Å². The Bertz CT molecular complexity index is 835. The average molecular weight is 335 g/mol. The Labute approximate surface area is 132 Å². The molecule has 0 spiro atoms. The van der Waals surface area contributed by atoms with Gasteiger partial charge in [-0.15, -0.1) is 0 Å². The normalized spacial score (nSPS) is 11.9. The molecule has 0 aliphatic rings. The van der Waals surface area contributed by atoms with Crippen LogP contribution in [0.3, 0.4) is 0 Å². The van der Waals surface area contributed by atoms with Gasteiger partial charge < -0.3 is 5.73 Å². The van der Waals surface area contributed by atoms with Crippen LogP contribution in [0.25, 0.3) is 0 Å². The second-order valence-corrected chi connectivity index (χ2v) is 6.10. The average Bonchev–Trinajstić information content (AvgIpc) is 2.53. The quantitative estimate of drug-likeness (QED) is 0.371. The highest BCUT2D eigenvalue weighted by atomic mass is 32.2. The van der Waals surface area contributed by atoms with Crippen LogP contribution in [-0.2, 0) is 20.2 Å². The number of nitrogens with two attached hydrogens (primary N) is 1. The van der Waals surface area contributed by atoms with Crippen molar-refractivity contribution in [2.75, 3.05) is 0 Å². The third kappa shape index (κ3) is 4.78. The topological polar surface area (TPSA) is 125 Å². The number of nitro benzene ring substituents is 1. The highest BCUT2D eigenvalue weighted by Gasteiger charge is 2.14. The van der Waals surface area contributed by atoms with Crippen LogP contribution in [0, 0.1) is 10.1 Å². The minimum absolute atomic E-state index is 0.187. The number of rotatable bonds is 6. The molecule has 0 aliphatic heterocycles. The van der Waals surface area contributed by atoms with E-state index < -0.39 is 15.0 Å². The Morgan fingerprint density at radius 1 is 1.17 bits per heavy atom. The zero-order chi connectivity index (χ0) is 16.9. The van der Waals surface area contributed by atoms with Crippen molar-refractivity contribution in [2.24, 2.45) is 10.9 Å². The lowest BCUT2D eigenvalue weighted by molar-refractivity contribution is -0.384. The fraction of sp³-hybridized carbons (Fsp3) is 0.0714. The van der Waals surface area contributed by atoms with E-state index in [9.17, 15) is 18.5 Å². The van der Waals surface area contributed by atoms with Gasteiger partial charge >= 0.3 is 10.1 Å². The van der Waals surface area contributed by atoms with E-state index in [-0.39, 0.29) is 22.8 Å². The summed E-state index contributed by atoms with van der Waals surface area (Å²) in [6.45, 7) is 0. The first kappa shape index (κ1) is 16.4. The minimum Gasteiger partial charge on any atom is -0.380 e. The number of non-ortho nitro benzene ring substituents is 1. The van der Waals surface area contributed by atoms with Gasteiger partial charge in [0.2, 0.25) is 0 Å². The van der Waals surface area contributed by atoms with E-state index in [4.69, 9.17) is 5.73 Å². The van der Waals surface area contributed by atoms with E-state index in [1.807, 2.05) is 0 Å². The molecule has 8 nitrogen and oxygen atoms in total. The molecule has 0 unspecified atom stereocenters. The summed E-state index contributed by atoms with van der Waals surface area (Å²) >= 11 is 0. The molecule has 0 fully saturated rings. The van der Waals surface area contributed by atoms with Crippen LogP contribution < -0.4 is 5.73 Å². The Kier molecular flexibility index (Phi) is 4.91. The maximum absolute atomic E-state index is 11.8. The molecule has 0 amide bonds. The molecule has 23 heavy (non-hydrogen) atoms. The van der Waals surface area contributed by atoms with Crippen molar-refractivity contribution < 1.29 is 17.6 Å². The molecule has 0 saturated carbocycles. The van der Waals surface area contributed by atoms with Crippen LogP contribution in [0.1, 0.15) is 11.1 Å². The monoisotopic (exact) mass is 335 g/mol. The fourth-order valence-electron chi connectivity index (χ4n) is 1.73. The van der Waals surface area contributed by atoms with E-state index >= 15 is 0 Å². The van der Waals surface area contributed by atoms with Gasteiger partial charge in [0.05, 0.1) is 4.92 Å². The molecular weight excluding hydrogens is 322 g/mol. The standard InChI is InChI=1S/C14H13N3O5S/c15-14(12-7-4-8-13(9-12)17(18)19)16-22-23(20,21)10-11-5-2-1-3-6-11/h1-9H,10H2,(H2,15,16). The maximum Gasteiger partial charge on any atom is 0.332 e. The van der Waals surface area contributed by atoms with Crippen molar-refractivity contribution in [3.05, 3.63) is 75.8 Å². The van der Waals surface area contributed by atoms with Crippen molar-refractivity contribution in [1.29, 1.82) is 0 Å². The van der Waals surface area contributed by atoms with Gasteiger partial charge in [-0.25, -0.2) is 0 Å². The Morgan fingerprint density at radius 3 is 2.52 bits per heavy atom. The molecule has 0 heterocycles. The van der Waals surface area contributed by atoms with Crippen molar-refractivity contribution >= 4 is 21.6 Å². The third-order valence-corrected chi connectivity index (χ3v) is 3.78. The summed E-state index contributed by atoms with van der Waals surface area (Å²) in [5, 5.41) is 14.0. The van der Waals surface area contributed by atoms with E-state index in [0.29, 0.717) is 5.56 Å². The summed E-state index contributed by atoms with van der Waals surface area (Å²) in [5.41, 5.74) is 6.14. The van der Waals surface area contributed by atoms with Gasteiger partial charge in [0.15, 0.2) is 5.84 Å². The van der Waals surface area contributed by atoms with Gasteiger partial charge in [-0.3, -0.25) is 14.4 Å². The Hall–Kier alpha value is -2.94. The van der Waals surface area contributed by atoms with Gasteiger partial charge in [0, 0.05) is 17.7 Å². The molecule has 2 aromatic carbocycles. The molecule has 2 N–H and O–H groups in total. The van der Waals surface area contributed by atoms with Crippen molar-refractivity contribution in [3.63, 3.8) is 0 Å². The summed E-state index contributed by atoms with van der Waals surface area (Å²) in [4.78, 5) is 10.1. The third-order valence-electron chi connectivity index (χ3n) is 2.79. The van der Waals surface area contributed by atoms with E-state index in [0.717, 1.165) is 0 Å². The lowest BCUT2D eigenvalue weighted by Crippen LogP contribution is -2.16. The summed E-state index contributed by atoms with van der Waals surface area (Å²) in [5.74, 6) is -0.634. The lowest BCUT2D eigenvalue weighted by Gasteiger charge is -2.03. The molecule has 0 bridgehead atoms. The molecule has 0 atom stereocenters. The second-order valence-electron chi connectivity index (χ2n) is 4.55. The van der Waals surface area contributed by atoms with Crippen molar-refractivity contribution in [2.45, 2.75) is 5.75 Å². The zero-order valence-electron chi connectivity index (χ0n) is 11.8. The van der Waals surface area contributed by atoms with Crippen LogP contribution in [0.15, 0.2) is 59.8 Å². The van der Waals surface area contributed by atoms with Crippen LogP contribution in [-0.4, -0.2) is 19.2 Å². The van der Waals surface area contributed by atoms with Gasteiger partial charge in [-0.05, 0) is 10.7 Å². The second kappa shape index (κ2) is 6.88. The van der Waals surface area contributed by atoms with Crippen molar-refractivity contribution in [1.82, 2.24) is 0 Å². The first-order chi connectivity index (χ1) is 10.9. The van der Waals surface area contributed by atoms with E-state index in [1.165, 1.54) is 24.3 Å². The SMILES string of the molecule is N/C(=N\OS(=O)(=O)Cc1ccccc1)c1cccc([N+](=O)[O-])c1. The van der Waals surface area contributed by atoms with Crippen molar-refractivity contribution in [3.8, 4) is 0 Å². The van der Waals surface area contributed by atoms with Crippen LogP contribution in [0.2, 0.25) is 0 Å². The molecule has 2 aromatic rings.